The first kappa shape index (κ1) is 19.1. The topological polar surface area (TPSA) is 81.3 Å². The second-order valence-electron chi connectivity index (χ2n) is 6.97. The number of halogens is 3. The predicted molar refractivity (Wildman–Crippen MR) is 89.0 cm³/mol. The van der Waals surface area contributed by atoms with Gasteiger partial charge in [0.05, 0.1) is 6.04 Å². The smallest absolute Gasteiger partial charge is 0.485 e. The molecular weight excluding hydrogens is 365 g/mol. The summed E-state index contributed by atoms with van der Waals surface area (Å²) in [6, 6.07) is 3.00. The molecule has 146 valence electrons. The van der Waals surface area contributed by atoms with Gasteiger partial charge in [-0.3, -0.25) is 0 Å². The zero-order valence-corrected chi connectivity index (χ0v) is 15.0. The molecule has 27 heavy (non-hydrogen) atoms. The number of hydrogen-bond donors (Lipinski definition) is 1. The molecule has 1 aromatic carbocycles. The number of aliphatic hydroxyl groups is 1. The molecule has 1 saturated heterocycles. The lowest BCUT2D eigenvalue weighted by Gasteiger charge is -2.45. The van der Waals surface area contributed by atoms with Gasteiger partial charge in [-0.1, -0.05) is 0 Å². The molecule has 2 atom stereocenters. The van der Waals surface area contributed by atoms with Crippen molar-refractivity contribution in [1.82, 2.24) is 9.80 Å². The lowest BCUT2D eigenvalue weighted by atomic mass is 9.85. The maximum absolute atomic E-state index is 12.6. The number of rotatable bonds is 2. The number of benzene rings is 1. The van der Waals surface area contributed by atoms with Gasteiger partial charge in [0.1, 0.15) is 23.2 Å². The Morgan fingerprint density at radius 1 is 1.37 bits per heavy atom. The molecule has 0 radical (unpaired) electrons. The van der Waals surface area contributed by atoms with Gasteiger partial charge in [0.25, 0.3) is 0 Å². The highest BCUT2D eigenvalue weighted by atomic mass is 19.4. The number of likely N-dealkylation sites (N-methyl/N-ethyl adjacent to an activating group) is 1. The fourth-order valence-corrected chi connectivity index (χ4v) is 3.41. The van der Waals surface area contributed by atoms with E-state index in [2.05, 4.69) is 9.73 Å². The van der Waals surface area contributed by atoms with E-state index in [1.165, 1.54) is 12.1 Å². The molecule has 0 aromatic heterocycles. The molecule has 0 aliphatic carbocycles. The van der Waals surface area contributed by atoms with E-state index in [1.807, 2.05) is 0 Å². The summed E-state index contributed by atoms with van der Waals surface area (Å²) >= 11 is 0. The van der Waals surface area contributed by atoms with Crippen LogP contribution >= 0.6 is 0 Å². The minimum atomic E-state index is -4.83. The molecule has 2 heterocycles. The fourth-order valence-electron chi connectivity index (χ4n) is 3.41. The molecule has 1 aromatic rings. The summed E-state index contributed by atoms with van der Waals surface area (Å²) in [7, 11) is 1.75. The van der Waals surface area contributed by atoms with Crippen LogP contribution in [0.5, 0.6) is 11.5 Å². The Balaban J connectivity index is 2.09. The van der Waals surface area contributed by atoms with E-state index in [1.54, 1.807) is 36.9 Å². The van der Waals surface area contributed by atoms with Crippen molar-refractivity contribution in [3.05, 3.63) is 23.8 Å². The van der Waals surface area contributed by atoms with Crippen molar-refractivity contribution >= 4 is 5.96 Å². The summed E-state index contributed by atoms with van der Waals surface area (Å²) in [6.45, 7) is 4.38. The van der Waals surface area contributed by atoms with Crippen molar-refractivity contribution in [2.45, 2.75) is 38.0 Å². The third kappa shape index (κ3) is 3.60. The van der Waals surface area contributed by atoms with Crippen LogP contribution in [0.2, 0.25) is 0 Å². The molecule has 2 aliphatic heterocycles. The fraction of sp³-hybridized carbons (Fsp3) is 0.529. The first-order valence-corrected chi connectivity index (χ1v) is 8.25. The van der Waals surface area contributed by atoms with Gasteiger partial charge in [-0.25, -0.2) is 0 Å². The van der Waals surface area contributed by atoms with Crippen LogP contribution in [0.1, 0.15) is 25.5 Å². The molecule has 1 fully saturated rings. The number of aliphatic imine (C=N–C) groups is 1. The van der Waals surface area contributed by atoms with Gasteiger partial charge in [-0.2, -0.15) is 5.26 Å². The first-order valence-electron chi connectivity index (χ1n) is 8.25. The zero-order valence-electron chi connectivity index (χ0n) is 15.0. The molecule has 1 N–H and O–H groups in total. The quantitative estimate of drug-likeness (QED) is 0.788. The summed E-state index contributed by atoms with van der Waals surface area (Å²) in [6.07, 6.45) is -4.19. The van der Waals surface area contributed by atoms with Crippen LogP contribution < -0.4 is 9.47 Å². The van der Waals surface area contributed by atoms with E-state index in [9.17, 15) is 18.3 Å². The lowest BCUT2D eigenvalue weighted by molar-refractivity contribution is -0.274. The van der Waals surface area contributed by atoms with E-state index in [-0.39, 0.29) is 0 Å². The monoisotopic (exact) mass is 384 g/mol. The number of guanidine groups is 1. The summed E-state index contributed by atoms with van der Waals surface area (Å²) in [5.74, 6) is 0.274. The number of hydrogen-bond acceptors (Lipinski definition) is 5. The molecular formula is C17H19F3N4O3. The lowest BCUT2D eigenvalue weighted by Crippen LogP contribution is -2.54. The summed E-state index contributed by atoms with van der Waals surface area (Å²) in [5, 5.41) is 19.9. The highest BCUT2D eigenvalue weighted by Gasteiger charge is 2.48. The van der Waals surface area contributed by atoms with Crippen molar-refractivity contribution in [1.29, 1.82) is 5.26 Å². The minimum absolute atomic E-state index is 0.338. The zero-order chi connectivity index (χ0) is 20.0. The highest BCUT2D eigenvalue weighted by Crippen LogP contribution is 2.45. The standard InChI is InChI=1S/C17H19F3N4O3/c1-16(2)14(25)13(24-7-6-23(3)15(24)22-9-21)11-8-10(26-17(18,19)20)4-5-12(11)27-16/h4-5,8,13-14,25H,6-7H2,1-3H3/t13-,14+/m1/s1. The van der Waals surface area contributed by atoms with Crippen LogP contribution in [-0.2, 0) is 0 Å². The largest absolute Gasteiger partial charge is 0.573 e. The van der Waals surface area contributed by atoms with E-state index in [0.29, 0.717) is 30.4 Å². The van der Waals surface area contributed by atoms with Crippen LogP contribution in [-0.4, -0.2) is 59.1 Å². The second kappa shape index (κ2) is 6.49. The molecule has 0 saturated carbocycles. The van der Waals surface area contributed by atoms with E-state index in [0.717, 1.165) is 6.07 Å². The van der Waals surface area contributed by atoms with Crippen molar-refractivity contribution in [2.24, 2.45) is 4.99 Å². The minimum Gasteiger partial charge on any atom is -0.485 e. The van der Waals surface area contributed by atoms with Crippen LogP contribution in [0, 0.1) is 11.5 Å². The Hall–Kier alpha value is -2.67. The van der Waals surface area contributed by atoms with E-state index < -0.39 is 29.9 Å². The van der Waals surface area contributed by atoms with Crippen molar-refractivity contribution in [2.75, 3.05) is 20.1 Å². The van der Waals surface area contributed by atoms with Gasteiger partial charge in [0.15, 0.2) is 0 Å². The molecule has 3 rings (SSSR count). The summed E-state index contributed by atoms with van der Waals surface area (Å²) < 4.78 is 47.6. The third-order valence-corrected chi connectivity index (χ3v) is 4.68. The van der Waals surface area contributed by atoms with Crippen LogP contribution in [0.4, 0.5) is 13.2 Å². The summed E-state index contributed by atoms with van der Waals surface area (Å²) in [5.41, 5.74) is -0.660. The Kier molecular flexibility index (Phi) is 4.59. The second-order valence-corrected chi connectivity index (χ2v) is 6.97. The molecule has 0 bridgehead atoms. The summed E-state index contributed by atoms with van der Waals surface area (Å²) in [4.78, 5) is 7.26. The number of aliphatic hydroxyl groups excluding tert-OH is 1. The molecule has 10 heteroatoms. The molecule has 0 amide bonds. The van der Waals surface area contributed by atoms with E-state index >= 15 is 0 Å². The van der Waals surface area contributed by atoms with Gasteiger partial charge < -0.3 is 24.4 Å². The number of ether oxygens (including phenoxy) is 2. The van der Waals surface area contributed by atoms with Crippen LogP contribution in [0.3, 0.4) is 0 Å². The Morgan fingerprint density at radius 2 is 2.07 bits per heavy atom. The van der Waals surface area contributed by atoms with Crippen molar-refractivity contribution < 1.29 is 27.8 Å². The number of alkyl halides is 3. The van der Waals surface area contributed by atoms with Gasteiger partial charge in [-0.15, -0.1) is 18.2 Å². The van der Waals surface area contributed by atoms with Crippen LogP contribution in [0.15, 0.2) is 23.2 Å². The molecule has 2 aliphatic rings. The average molecular weight is 384 g/mol. The van der Waals surface area contributed by atoms with Gasteiger partial charge in [0.2, 0.25) is 12.2 Å². The first-order chi connectivity index (χ1) is 12.5. The SMILES string of the molecule is CN1CCN([C@@H]2c3cc(OC(F)(F)F)ccc3OC(C)(C)[C@H]2O)C1=NC#N. The van der Waals surface area contributed by atoms with E-state index in [4.69, 9.17) is 10.00 Å². The Labute approximate surface area is 154 Å². The maximum Gasteiger partial charge on any atom is 0.573 e. The Morgan fingerprint density at radius 3 is 2.70 bits per heavy atom. The third-order valence-electron chi connectivity index (χ3n) is 4.68. The molecule has 7 nitrogen and oxygen atoms in total. The Bertz CT molecular complexity index is 804. The molecule has 0 unspecified atom stereocenters. The van der Waals surface area contributed by atoms with Gasteiger partial charge in [-0.05, 0) is 32.0 Å². The van der Waals surface area contributed by atoms with Gasteiger partial charge >= 0.3 is 6.36 Å². The number of nitrogens with zero attached hydrogens (tertiary/aromatic N) is 4. The van der Waals surface area contributed by atoms with Gasteiger partial charge in [0, 0.05) is 25.7 Å². The van der Waals surface area contributed by atoms with Crippen LogP contribution in [0.25, 0.3) is 0 Å². The number of nitriles is 1. The van der Waals surface area contributed by atoms with Crippen molar-refractivity contribution in [3.63, 3.8) is 0 Å². The number of fused-ring (bicyclic) bond motifs is 1. The maximum atomic E-state index is 12.6. The molecule has 0 spiro atoms. The highest BCUT2D eigenvalue weighted by molar-refractivity contribution is 5.83. The normalized spacial score (nSPS) is 25.8. The van der Waals surface area contributed by atoms with Crippen molar-refractivity contribution in [3.8, 4) is 17.7 Å². The average Bonchev–Trinajstić information content (AvgIpc) is 2.89. The predicted octanol–water partition coefficient (Wildman–Crippen LogP) is 2.24.